The Labute approximate surface area is 173 Å². The first-order valence-electron chi connectivity index (χ1n) is 8.96. The van der Waals surface area contributed by atoms with Crippen LogP contribution in [-0.2, 0) is 12.3 Å². The Morgan fingerprint density at radius 2 is 1.50 bits per heavy atom. The van der Waals surface area contributed by atoms with Gasteiger partial charge in [-0.3, -0.25) is 4.57 Å². The van der Waals surface area contributed by atoms with Crippen LogP contribution in [0.3, 0.4) is 0 Å². The van der Waals surface area contributed by atoms with Gasteiger partial charge in [0.1, 0.15) is 0 Å². The van der Waals surface area contributed by atoms with Crippen molar-refractivity contribution in [1.82, 2.24) is 14.8 Å². The number of para-hydroxylation sites is 2. The molecule has 0 fully saturated rings. The smallest absolute Gasteiger partial charge is 0.196 e. The van der Waals surface area contributed by atoms with Crippen LogP contribution in [-0.4, -0.2) is 14.8 Å². The number of halogens is 1. The van der Waals surface area contributed by atoms with Gasteiger partial charge in [-0.1, -0.05) is 84.0 Å². The predicted octanol–water partition coefficient (Wildman–Crippen LogP) is 5.83. The third-order valence-electron chi connectivity index (χ3n) is 4.24. The van der Waals surface area contributed by atoms with Crippen molar-refractivity contribution in [3.05, 3.63) is 101 Å². The van der Waals surface area contributed by atoms with E-state index in [0.717, 1.165) is 28.1 Å². The van der Waals surface area contributed by atoms with E-state index < -0.39 is 0 Å². The second kappa shape index (κ2) is 8.95. The molecule has 0 atom stereocenters. The van der Waals surface area contributed by atoms with E-state index in [2.05, 4.69) is 56.5 Å². The van der Waals surface area contributed by atoms with Crippen molar-refractivity contribution < 1.29 is 0 Å². The van der Waals surface area contributed by atoms with E-state index in [1.807, 2.05) is 48.5 Å². The fourth-order valence-electron chi connectivity index (χ4n) is 2.85. The maximum atomic E-state index is 6.26. The minimum Gasteiger partial charge on any atom is -0.377 e. The fourth-order valence-corrected chi connectivity index (χ4v) is 3.97. The summed E-state index contributed by atoms with van der Waals surface area (Å²) in [7, 11) is 0. The SMILES string of the molecule is Clc1ccccc1NCc1nnc(SCc2ccccc2)n1-c1ccccc1. The lowest BCUT2D eigenvalue weighted by Crippen LogP contribution is -2.08. The van der Waals surface area contributed by atoms with Crippen molar-refractivity contribution in [2.24, 2.45) is 0 Å². The number of anilines is 1. The average molecular weight is 407 g/mol. The molecular weight excluding hydrogens is 388 g/mol. The van der Waals surface area contributed by atoms with Gasteiger partial charge in [-0.15, -0.1) is 10.2 Å². The summed E-state index contributed by atoms with van der Waals surface area (Å²) in [6, 6.07) is 28.2. The quantitative estimate of drug-likeness (QED) is 0.392. The lowest BCUT2D eigenvalue weighted by molar-refractivity contribution is 0.841. The van der Waals surface area contributed by atoms with Crippen molar-refractivity contribution in [3.63, 3.8) is 0 Å². The van der Waals surface area contributed by atoms with Gasteiger partial charge >= 0.3 is 0 Å². The van der Waals surface area contributed by atoms with Gasteiger partial charge in [-0.05, 0) is 29.8 Å². The van der Waals surface area contributed by atoms with Gasteiger partial charge in [-0.25, -0.2) is 0 Å². The van der Waals surface area contributed by atoms with Crippen LogP contribution in [0.25, 0.3) is 5.69 Å². The van der Waals surface area contributed by atoms with E-state index in [9.17, 15) is 0 Å². The van der Waals surface area contributed by atoms with Gasteiger partial charge < -0.3 is 5.32 Å². The molecule has 1 aromatic heterocycles. The molecule has 0 spiro atoms. The molecule has 0 bridgehead atoms. The Hall–Kier alpha value is -2.76. The van der Waals surface area contributed by atoms with Crippen LogP contribution < -0.4 is 5.32 Å². The van der Waals surface area contributed by atoms with Crippen LogP contribution >= 0.6 is 23.4 Å². The Kier molecular flexibility index (Phi) is 5.95. The van der Waals surface area contributed by atoms with Gasteiger partial charge in [0.05, 0.1) is 17.3 Å². The van der Waals surface area contributed by atoms with Crippen molar-refractivity contribution in [1.29, 1.82) is 0 Å². The molecule has 4 nitrogen and oxygen atoms in total. The summed E-state index contributed by atoms with van der Waals surface area (Å²) in [5.41, 5.74) is 3.18. The fraction of sp³-hybridized carbons (Fsp3) is 0.0909. The number of nitrogens with one attached hydrogen (secondary N) is 1. The van der Waals surface area contributed by atoms with Crippen molar-refractivity contribution in [2.45, 2.75) is 17.5 Å². The van der Waals surface area contributed by atoms with Gasteiger partial charge in [0.2, 0.25) is 0 Å². The van der Waals surface area contributed by atoms with Crippen LogP contribution in [0.15, 0.2) is 90.1 Å². The lowest BCUT2D eigenvalue weighted by Gasteiger charge is -2.12. The Balaban J connectivity index is 1.59. The minimum atomic E-state index is 0.525. The second-order valence-electron chi connectivity index (χ2n) is 6.18. The van der Waals surface area contributed by atoms with E-state index >= 15 is 0 Å². The topological polar surface area (TPSA) is 42.7 Å². The molecule has 0 radical (unpaired) electrons. The molecule has 0 aliphatic rings. The molecule has 0 aliphatic carbocycles. The zero-order valence-electron chi connectivity index (χ0n) is 15.1. The predicted molar refractivity (Wildman–Crippen MR) is 116 cm³/mol. The first kappa shape index (κ1) is 18.6. The highest BCUT2D eigenvalue weighted by Gasteiger charge is 2.14. The molecule has 0 aliphatic heterocycles. The summed E-state index contributed by atoms with van der Waals surface area (Å²) in [5.74, 6) is 1.67. The van der Waals surface area contributed by atoms with Crippen LogP contribution in [0.1, 0.15) is 11.4 Å². The summed E-state index contributed by atoms with van der Waals surface area (Å²) in [6.07, 6.45) is 0. The summed E-state index contributed by atoms with van der Waals surface area (Å²) >= 11 is 7.94. The third kappa shape index (κ3) is 4.38. The lowest BCUT2D eigenvalue weighted by atomic mass is 10.2. The highest BCUT2D eigenvalue weighted by atomic mass is 35.5. The van der Waals surface area contributed by atoms with Gasteiger partial charge in [0.15, 0.2) is 11.0 Å². The molecule has 6 heteroatoms. The monoisotopic (exact) mass is 406 g/mol. The normalized spacial score (nSPS) is 10.8. The first-order valence-corrected chi connectivity index (χ1v) is 10.3. The van der Waals surface area contributed by atoms with Crippen LogP contribution in [0, 0.1) is 0 Å². The maximum absolute atomic E-state index is 6.26. The molecule has 4 aromatic rings. The highest BCUT2D eigenvalue weighted by Crippen LogP contribution is 2.26. The molecule has 0 amide bonds. The van der Waals surface area contributed by atoms with Crippen molar-refractivity contribution in [3.8, 4) is 5.69 Å². The molecule has 1 heterocycles. The van der Waals surface area contributed by atoms with Crippen LogP contribution in [0.4, 0.5) is 5.69 Å². The molecule has 1 N–H and O–H groups in total. The maximum Gasteiger partial charge on any atom is 0.196 e. The largest absolute Gasteiger partial charge is 0.377 e. The number of nitrogens with zero attached hydrogens (tertiary/aromatic N) is 3. The van der Waals surface area contributed by atoms with E-state index in [-0.39, 0.29) is 0 Å². The second-order valence-corrected chi connectivity index (χ2v) is 7.53. The molecule has 0 saturated heterocycles. The molecule has 0 unspecified atom stereocenters. The Morgan fingerprint density at radius 3 is 2.25 bits per heavy atom. The van der Waals surface area contributed by atoms with E-state index in [0.29, 0.717) is 11.6 Å². The summed E-state index contributed by atoms with van der Waals surface area (Å²) in [4.78, 5) is 0. The molecular formula is C22H19ClN4S. The molecule has 28 heavy (non-hydrogen) atoms. The van der Waals surface area contributed by atoms with Gasteiger partial charge in [-0.2, -0.15) is 0 Å². The highest BCUT2D eigenvalue weighted by molar-refractivity contribution is 7.98. The third-order valence-corrected chi connectivity index (χ3v) is 5.57. The standard InChI is InChI=1S/C22H19ClN4S/c23-19-13-7-8-14-20(19)24-15-21-25-26-22(27(21)18-11-5-2-6-12-18)28-16-17-9-3-1-4-10-17/h1-14,24H,15-16H2. The van der Waals surface area contributed by atoms with Gasteiger partial charge in [0.25, 0.3) is 0 Å². The molecule has 140 valence electrons. The van der Waals surface area contributed by atoms with E-state index in [4.69, 9.17) is 11.6 Å². The number of aromatic nitrogens is 3. The number of rotatable bonds is 7. The Bertz CT molecular complexity index is 1030. The van der Waals surface area contributed by atoms with Gasteiger partial charge in [0, 0.05) is 11.4 Å². The number of hydrogen-bond acceptors (Lipinski definition) is 4. The molecule has 4 rings (SSSR count). The van der Waals surface area contributed by atoms with Crippen LogP contribution in [0.2, 0.25) is 5.02 Å². The first-order chi connectivity index (χ1) is 13.8. The number of thioether (sulfide) groups is 1. The van der Waals surface area contributed by atoms with E-state index in [1.165, 1.54) is 5.56 Å². The summed E-state index contributed by atoms with van der Waals surface area (Å²) < 4.78 is 2.09. The van der Waals surface area contributed by atoms with Crippen molar-refractivity contribution >= 4 is 29.1 Å². The minimum absolute atomic E-state index is 0.525. The number of benzene rings is 3. The van der Waals surface area contributed by atoms with E-state index in [1.54, 1.807) is 11.8 Å². The van der Waals surface area contributed by atoms with Crippen molar-refractivity contribution in [2.75, 3.05) is 5.32 Å². The zero-order valence-corrected chi connectivity index (χ0v) is 16.7. The summed E-state index contributed by atoms with van der Waals surface area (Å²) in [5, 5.41) is 13.8. The summed E-state index contributed by atoms with van der Waals surface area (Å²) in [6.45, 7) is 0.525. The molecule has 0 saturated carbocycles. The Morgan fingerprint density at radius 1 is 0.821 bits per heavy atom. The average Bonchev–Trinajstić information content (AvgIpc) is 3.16. The zero-order chi connectivity index (χ0) is 19.2. The number of hydrogen-bond donors (Lipinski definition) is 1. The van der Waals surface area contributed by atoms with Crippen LogP contribution in [0.5, 0.6) is 0 Å². The molecule has 3 aromatic carbocycles.